The average molecular weight is 1170 g/mol. The van der Waals surface area contributed by atoms with Gasteiger partial charge >= 0.3 is 11.9 Å². The number of benzene rings is 1. The lowest BCUT2D eigenvalue weighted by molar-refractivity contribution is -0.384. The van der Waals surface area contributed by atoms with Gasteiger partial charge < -0.3 is 91.1 Å². The molecule has 0 spiro atoms. The molecule has 0 aliphatic carbocycles. The van der Waals surface area contributed by atoms with E-state index in [0.717, 1.165) is 50.5 Å². The Morgan fingerprint density at radius 2 is 1.02 bits per heavy atom. The van der Waals surface area contributed by atoms with Crippen molar-refractivity contribution in [1.29, 1.82) is 0 Å². The summed E-state index contributed by atoms with van der Waals surface area (Å²) < 4.78 is 99.0. The van der Waals surface area contributed by atoms with Crippen LogP contribution in [0.5, 0.6) is 5.75 Å². The lowest BCUT2D eigenvalue weighted by Crippen LogP contribution is -2.67. The molecule has 1 aromatic carbocycles. The molecular weight excluding hydrogens is 1070 g/mol. The number of methoxy groups -OCH3 is 6. The zero-order valence-corrected chi connectivity index (χ0v) is 51.9. The second kappa shape index (κ2) is 34.6. The van der Waals surface area contributed by atoms with Crippen molar-refractivity contribution < 1.29 is 101 Å². The molecular formula is C61H104O21. The molecule has 0 amide bonds. The summed E-state index contributed by atoms with van der Waals surface area (Å²) in [6, 6.07) is 7.46. The second-order valence-corrected chi connectivity index (χ2v) is 23.1. The molecule has 0 aromatic heterocycles. The molecule has 21 nitrogen and oxygen atoms in total. The highest BCUT2D eigenvalue weighted by molar-refractivity contribution is 5.72. The minimum atomic E-state index is -1.26. The largest absolute Gasteiger partial charge is 0.462 e. The molecule has 4 saturated heterocycles. The van der Waals surface area contributed by atoms with E-state index in [-0.39, 0.29) is 36.3 Å². The minimum absolute atomic E-state index is 0.0784. The fourth-order valence-corrected chi connectivity index (χ4v) is 12.0. The summed E-state index contributed by atoms with van der Waals surface area (Å²) in [5, 5.41) is 33.9. The van der Waals surface area contributed by atoms with E-state index in [1.54, 1.807) is 27.9 Å². The summed E-state index contributed by atoms with van der Waals surface area (Å²) in [5.41, 5.74) is 0.879. The predicted octanol–water partition coefficient (Wildman–Crippen LogP) is 7.00. The fraction of sp³-hybridized carbons (Fsp3) is 0.869. The summed E-state index contributed by atoms with van der Waals surface area (Å²) in [4.78, 5) is 27.0. The maximum absolute atomic E-state index is 13.6. The Bertz CT molecular complexity index is 1950. The number of aliphatic hydroxyl groups excluding tert-OH is 3. The van der Waals surface area contributed by atoms with Crippen LogP contribution in [0, 0.1) is 17.8 Å². The molecule has 21 heteroatoms. The van der Waals surface area contributed by atoms with Crippen molar-refractivity contribution in [2.45, 2.75) is 281 Å². The van der Waals surface area contributed by atoms with Crippen molar-refractivity contribution in [2.24, 2.45) is 17.8 Å². The Morgan fingerprint density at radius 1 is 0.549 bits per heavy atom. The topological polar surface area (TPSA) is 243 Å². The van der Waals surface area contributed by atoms with Crippen molar-refractivity contribution >= 4 is 11.9 Å². The van der Waals surface area contributed by atoms with Crippen LogP contribution in [0.2, 0.25) is 0 Å². The van der Waals surface area contributed by atoms with Gasteiger partial charge in [-0.15, -0.1) is 0 Å². The number of ether oxygens (including phenoxy) is 16. The first kappa shape index (κ1) is 70.1. The van der Waals surface area contributed by atoms with Crippen molar-refractivity contribution in [2.75, 3.05) is 42.7 Å². The van der Waals surface area contributed by atoms with Gasteiger partial charge in [-0.05, 0) is 89.8 Å². The Kier molecular flexibility index (Phi) is 29.6. The maximum atomic E-state index is 13.6. The first-order valence-electron chi connectivity index (χ1n) is 30.2. The van der Waals surface area contributed by atoms with Gasteiger partial charge in [0.1, 0.15) is 79.0 Å². The van der Waals surface area contributed by atoms with E-state index in [0.29, 0.717) is 37.4 Å². The van der Waals surface area contributed by atoms with Crippen LogP contribution >= 0.6 is 0 Å². The lowest BCUT2D eigenvalue weighted by atomic mass is 9.94. The quantitative estimate of drug-likeness (QED) is 0.0474. The Balaban J connectivity index is 1.32. The van der Waals surface area contributed by atoms with E-state index in [1.165, 1.54) is 35.5 Å². The van der Waals surface area contributed by atoms with Crippen molar-refractivity contribution in [3.8, 4) is 5.75 Å². The molecule has 25 atom stereocenters. The predicted molar refractivity (Wildman–Crippen MR) is 301 cm³/mol. The number of carbonyl (C=O) groups excluding carboxylic acids is 2. The minimum Gasteiger partial charge on any atom is -0.462 e. The van der Waals surface area contributed by atoms with Gasteiger partial charge in [-0.25, -0.2) is 0 Å². The smallest absolute Gasteiger partial charge is 0.308 e. The van der Waals surface area contributed by atoms with Crippen LogP contribution in [0.1, 0.15) is 145 Å². The summed E-state index contributed by atoms with van der Waals surface area (Å²) >= 11 is 0. The van der Waals surface area contributed by atoms with E-state index in [2.05, 4.69) is 20.8 Å². The molecule has 0 radical (unpaired) electrons. The Morgan fingerprint density at radius 3 is 1.52 bits per heavy atom. The van der Waals surface area contributed by atoms with E-state index >= 15 is 0 Å². The standard InChI is InChI=1S/C61H104O21/c1-17-22-34(5)57(65)77-42(25-21-20-24-33(4)45(19-3)67-11)31-43(78-58(66)35(6)23-18-2)30-40-26-28-41(29-27-40)79-59-56(72-16)53(50(69-13)39(10)76-59)82-61-55(71-15)52(48(64)37(8)75-61)81-60-54(70-14)51(47(63)36(7)74-60)80-46-32-44(62)49(68-12)38(9)73-46/h26-29,33-39,42-56,59-64H,17-25,30-32H2,1-16H3/t33-,34-,35-,36+,37-,38-,39-,42-,43+,44-,45+,46-,47-,48+,49+,50+,51+,52-,53-,54+,55-,56+,59+,60+,61+/m0/s1. The normalized spacial score (nSPS) is 35.7. The molecule has 0 unspecified atom stereocenters. The molecule has 4 heterocycles. The van der Waals surface area contributed by atoms with Gasteiger partial charge in [0.2, 0.25) is 6.29 Å². The van der Waals surface area contributed by atoms with Crippen molar-refractivity contribution in [1.82, 2.24) is 0 Å². The van der Waals surface area contributed by atoms with Gasteiger partial charge in [0.25, 0.3) is 0 Å². The first-order valence-corrected chi connectivity index (χ1v) is 30.2. The average Bonchev–Trinajstić information content (AvgIpc) is 3.64. The third-order valence-electron chi connectivity index (χ3n) is 16.9. The second-order valence-electron chi connectivity index (χ2n) is 23.1. The summed E-state index contributed by atoms with van der Waals surface area (Å²) in [7, 11) is 9.17. The highest BCUT2D eigenvalue weighted by Gasteiger charge is 2.55. The lowest BCUT2D eigenvalue weighted by Gasteiger charge is -2.50. The van der Waals surface area contributed by atoms with E-state index < -0.39 is 129 Å². The van der Waals surface area contributed by atoms with E-state index in [4.69, 9.17) is 75.8 Å². The van der Waals surface area contributed by atoms with Gasteiger partial charge in [-0.2, -0.15) is 0 Å². The molecule has 0 bridgehead atoms. The monoisotopic (exact) mass is 1170 g/mol. The maximum Gasteiger partial charge on any atom is 0.308 e. The SMILES string of the molecule is CCC[C@H](C)C(=O)O[C@H](Cc1ccc(O[C@H]2O[C@@H](C)[C@@H](OC)[C@H](O[C@H]3O[C@@H](C)[C@@H](O)[C@H](O[C@H]4O[C@H](C)[C@H](O)[C@@H](O[C@H]5C[C@H](O)[C@H](OC)[C@H](C)O5)[C@H]4OC)[C@@H]3OC)[C@H]2OC)cc1)C[C@H](CCCC[C@H](C)[C@@H](CC)OC)OC(=O)[C@@H](C)CCC. The Labute approximate surface area is 488 Å². The van der Waals surface area contributed by atoms with Gasteiger partial charge in [0.05, 0.1) is 48.5 Å². The molecule has 82 heavy (non-hydrogen) atoms. The summed E-state index contributed by atoms with van der Waals surface area (Å²) in [5.74, 6) is -0.207. The summed E-state index contributed by atoms with van der Waals surface area (Å²) in [6.07, 6.45) is -10.4. The van der Waals surface area contributed by atoms with Gasteiger partial charge in [-0.3, -0.25) is 9.59 Å². The number of carbonyl (C=O) groups is 2. The van der Waals surface area contributed by atoms with Gasteiger partial charge in [0, 0.05) is 61.9 Å². The van der Waals surface area contributed by atoms with Crippen LogP contribution in [0.15, 0.2) is 24.3 Å². The number of rotatable bonds is 33. The number of hydrogen-bond acceptors (Lipinski definition) is 21. The molecule has 5 rings (SSSR count). The van der Waals surface area contributed by atoms with Gasteiger partial charge in [0.15, 0.2) is 18.9 Å². The Hall–Kier alpha value is -2.68. The number of esters is 2. The molecule has 4 aliphatic heterocycles. The fourth-order valence-electron chi connectivity index (χ4n) is 12.0. The van der Waals surface area contributed by atoms with Crippen LogP contribution in [-0.4, -0.2) is 205 Å². The van der Waals surface area contributed by atoms with E-state index in [9.17, 15) is 24.9 Å². The van der Waals surface area contributed by atoms with Crippen LogP contribution in [0.4, 0.5) is 0 Å². The molecule has 4 fully saturated rings. The molecule has 3 N–H and O–H groups in total. The van der Waals surface area contributed by atoms with Crippen molar-refractivity contribution in [3.63, 3.8) is 0 Å². The van der Waals surface area contributed by atoms with Crippen molar-refractivity contribution in [3.05, 3.63) is 29.8 Å². The van der Waals surface area contributed by atoms with Crippen LogP contribution in [-0.2, 0) is 87.1 Å². The third kappa shape index (κ3) is 18.9. The first-order chi connectivity index (χ1) is 39.2. The van der Waals surface area contributed by atoms with Crippen LogP contribution < -0.4 is 4.74 Å². The summed E-state index contributed by atoms with van der Waals surface area (Å²) in [6.45, 7) is 19.2. The number of aliphatic hydroxyl groups is 3. The van der Waals surface area contributed by atoms with Crippen LogP contribution in [0.25, 0.3) is 0 Å². The molecule has 474 valence electrons. The third-order valence-corrected chi connectivity index (χ3v) is 16.9. The van der Waals surface area contributed by atoms with Gasteiger partial charge in [-0.1, -0.05) is 72.9 Å². The highest BCUT2D eigenvalue weighted by Crippen LogP contribution is 2.38. The zero-order valence-electron chi connectivity index (χ0n) is 51.9. The number of unbranched alkanes of at least 4 members (excludes halogenated alkanes) is 1. The molecule has 0 saturated carbocycles. The molecule has 1 aromatic rings. The van der Waals surface area contributed by atoms with E-state index in [1.807, 2.05) is 52.0 Å². The highest BCUT2D eigenvalue weighted by atomic mass is 16.8. The number of hydrogen-bond donors (Lipinski definition) is 3. The van der Waals surface area contributed by atoms with Crippen LogP contribution in [0.3, 0.4) is 0 Å². The molecule has 4 aliphatic rings. The zero-order chi connectivity index (χ0) is 60.4.